The Morgan fingerprint density at radius 3 is 2.44 bits per heavy atom. The van der Waals surface area contributed by atoms with Crippen molar-refractivity contribution in [1.82, 2.24) is 4.57 Å². The van der Waals surface area contributed by atoms with E-state index in [-0.39, 0.29) is 5.75 Å². The standard InChI is InChI=1S/C14H15NO3/c1-9-7-11(10(2)14(17)18)13(16)8-12(9)15-5-3-4-6-15/h3-8,10,16H,1-2H3,(H,17,18). The van der Waals surface area contributed by atoms with Gasteiger partial charge in [-0.1, -0.05) is 0 Å². The first-order chi connectivity index (χ1) is 8.50. The van der Waals surface area contributed by atoms with E-state index in [1.165, 1.54) is 0 Å². The number of aryl methyl sites for hydroxylation is 1. The van der Waals surface area contributed by atoms with Gasteiger partial charge in [0, 0.05) is 24.0 Å². The van der Waals surface area contributed by atoms with Gasteiger partial charge in [0.15, 0.2) is 0 Å². The van der Waals surface area contributed by atoms with Gasteiger partial charge in [-0.3, -0.25) is 4.79 Å². The lowest BCUT2D eigenvalue weighted by Crippen LogP contribution is -2.08. The molecule has 0 aliphatic rings. The molecule has 1 aromatic carbocycles. The van der Waals surface area contributed by atoms with Gasteiger partial charge in [-0.15, -0.1) is 0 Å². The number of carboxylic acids is 1. The van der Waals surface area contributed by atoms with Crippen molar-refractivity contribution in [2.45, 2.75) is 19.8 Å². The summed E-state index contributed by atoms with van der Waals surface area (Å²) in [6.45, 7) is 3.46. The molecule has 0 aliphatic heterocycles. The van der Waals surface area contributed by atoms with Crippen LogP contribution in [0.25, 0.3) is 5.69 Å². The van der Waals surface area contributed by atoms with E-state index >= 15 is 0 Å². The number of aliphatic carboxylic acids is 1. The quantitative estimate of drug-likeness (QED) is 0.873. The third kappa shape index (κ3) is 2.09. The molecule has 2 rings (SSSR count). The molecular weight excluding hydrogens is 230 g/mol. The van der Waals surface area contributed by atoms with E-state index < -0.39 is 11.9 Å². The minimum absolute atomic E-state index is 0.0131. The molecule has 4 heteroatoms. The summed E-state index contributed by atoms with van der Waals surface area (Å²) in [5.41, 5.74) is 2.21. The molecule has 0 amide bonds. The van der Waals surface area contributed by atoms with Crippen molar-refractivity contribution in [2.24, 2.45) is 0 Å². The first-order valence-electron chi connectivity index (χ1n) is 5.70. The van der Waals surface area contributed by atoms with Gasteiger partial charge in [0.1, 0.15) is 5.75 Å². The number of hydrogen-bond acceptors (Lipinski definition) is 2. The fraction of sp³-hybridized carbons (Fsp3) is 0.214. The average Bonchev–Trinajstić information content (AvgIpc) is 2.84. The summed E-state index contributed by atoms with van der Waals surface area (Å²) in [7, 11) is 0. The van der Waals surface area contributed by atoms with Crippen LogP contribution in [0.4, 0.5) is 0 Å². The number of aromatic hydroxyl groups is 1. The highest BCUT2D eigenvalue weighted by molar-refractivity contribution is 5.77. The number of phenols is 1. The summed E-state index contributed by atoms with van der Waals surface area (Å²) in [5, 5.41) is 18.9. The van der Waals surface area contributed by atoms with Crippen molar-refractivity contribution < 1.29 is 15.0 Å². The lowest BCUT2D eigenvalue weighted by molar-refractivity contribution is -0.138. The van der Waals surface area contributed by atoms with Crippen LogP contribution in [0, 0.1) is 6.92 Å². The Morgan fingerprint density at radius 1 is 1.28 bits per heavy atom. The van der Waals surface area contributed by atoms with E-state index in [1.54, 1.807) is 19.1 Å². The zero-order valence-electron chi connectivity index (χ0n) is 10.3. The van der Waals surface area contributed by atoms with E-state index in [1.807, 2.05) is 36.0 Å². The summed E-state index contributed by atoms with van der Waals surface area (Å²) < 4.78 is 1.88. The first-order valence-corrected chi connectivity index (χ1v) is 5.70. The molecule has 18 heavy (non-hydrogen) atoms. The zero-order chi connectivity index (χ0) is 13.3. The molecule has 0 saturated carbocycles. The van der Waals surface area contributed by atoms with Gasteiger partial charge in [0.05, 0.1) is 11.6 Å². The summed E-state index contributed by atoms with van der Waals surface area (Å²) in [6.07, 6.45) is 3.75. The first kappa shape index (κ1) is 12.2. The van der Waals surface area contributed by atoms with Crippen LogP contribution in [-0.4, -0.2) is 20.7 Å². The highest BCUT2D eigenvalue weighted by Crippen LogP contribution is 2.30. The highest BCUT2D eigenvalue weighted by Gasteiger charge is 2.19. The van der Waals surface area contributed by atoms with Gasteiger partial charge in [-0.2, -0.15) is 0 Å². The number of nitrogens with zero attached hydrogens (tertiary/aromatic N) is 1. The molecule has 0 spiro atoms. The molecular formula is C14H15NO3. The van der Waals surface area contributed by atoms with Crippen molar-refractivity contribution in [2.75, 3.05) is 0 Å². The number of carbonyl (C=O) groups is 1. The van der Waals surface area contributed by atoms with Crippen LogP contribution in [0.3, 0.4) is 0 Å². The zero-order valence-corrected chi connectivity index (χ0v) is 10.3. The van der Waals surface area contributed by atoms with Gasteiger partial charge < -0.3 is 14.8 Å². The molecule has 1 unspecified atom stereocenters. The minimum atomic E-state index is -0.946. The Hall–Kier alpha value is -2.23. The number of aromatic nitrogens is 1. The molecule has 2 aromatic rings. The van der Waals surface area contributed by atoms with Gasteiger partial charge >= 0.3 is 5.97 Å². The summed E-state index contributed by atoms with van der Waals surface area (Å²) >= 11 is 0. The molecule has 94 valence electrons. The van der Waals surface area contributed by atoms with Crippen LogP contribution in [0.5, 0.6) is 5.75 Å². The number of rotatable bonds is 3. The molecule has 1 aromatic heterocycles. The molecule has 1 heterocycles. The van der Waals surface area contributed by atoms with Crippen LogP contribution >= 0.6 is 0 Å². The van der Waals surface area contributed by atoms with E-state index in [0.29, 0.717) is 5.56 Å². The predicted molar refractivity (Wildman–Crippen MR) is 68.2 cm³/mol. The van der Waals surface area contributed by atoms with Crippen molar-refractivity contribution in [3.05, 3.63) is 47.8 Å². The fourth-order valence-corrected chi connectivity index (χ4v) is 1.96. The molecule has 4 nitrogen and oxygen atoms in total. The Bertz CT molecular complexity index is 573. The maximum Gasteiger partial charge on any atom is 0.310 e. The van der Waals surface area contributed by atoms with Gasteiger partial charge in [-0.05, 0) is 37.6 Å². The van der Waals surface area contributed by atoms with Crippen LogP contribution in [0.15, 0.2) is 36.7 Å². The average molecular weight is 245 g/mol. The second kappa shape index (κ2) is 4.56. The van der Waals surface area contributed by atoms with E-state index in [2.05, 4.69) is 0 Å². The summed E-state index contributed by atoms with van der Waals surface area (Å²) in [5.74, 6) is -1.65. The summed E-state index contributed by atoms with van der Waals surface area (Å²) in [6, 6.07) is 7.11. The molecule has 0 radical (unpaired) electrons. The molecule has 2 N–H and O–H groups in total. The smallest absolute Gasteiger partial charge is 0.310 e. The lowest BCUT2D eigenvalue weighted by Gasteiger charge is -2.14. The van der Waals surface area contributed by atoms with Gasteiger partial charge in [-0.25, -0.2) is 0 Å². The largest absolute Gasteiger partial charge is 0.508 e. The van der Waals surface area contributed by atoms with Crippen LogP contribution in [0.1, 0.15) is 24.0 Å². The van der Waals surface area contributed by atoms with Crippen LogP contribution in [0.2, 0.25) is 0 Å². The van der Waals surface area contributed by atoms with Crippen molar-refractivity contribution in [3.63, 3.8) is 0 Å². The second-order valence-corrected chi connectivity index (χ2v) is 4.35. The second-order valence-electron chi connectivity index (χ2n) is 4.35. The molecule has 0 saturated heterocycles. The Morgan fingerprint density at radius 2 is 1.89 bits per heavy atom. The van der Waals surface area contributed by atoms with E-state index in [4.69, 9.17) is 5.11 Å². The normalized spacial score (nSPS) is 12.3. The van der Waals surface area contributed by atoms with Gasteiger partial charge in [0.2, 0.25) is 0 Å². The SMILES string of the molecule is Cc1cc(C(C)C(=O)O)c(O)cc1-n1cccc1. The number of hydrogen-bond donors (Lipinski definition) is 2. The molecule has 1 atom stereocenters. The summed E-state index contributed by atoms with van der Waals surface area (Å²) in [4.78, 5) is 11.0. The monoisotopic (exact) mass is 245 g/mol. The third-order valence-corrected chi connectivity index (χ3v) is 3.06. The number of phenolic OH excluding ortho intramolecular Hbond substituents is 1. The van der Waals surface area contributed by atoms with Crippen LogP contribution in [-0.2, 0) is 4.79 Å². The van der Waals surface area contributed by atoms with Crippen LogP contribution < -0.4 is 0 Å². The van der Waals surface area contributed by atoms with Gasteiger partial charge in [0.25, 0.3) is 0 Å². The van der Waals surface area contributed by atoms with Crippen molar-refractivity contribution in [3.8, 4) is 11.4 Å². The Balaban J connectivity index is 2.51. The number of carboxylic acid groups (broad SMARTS) is 1. The lowest BCUT2D eigenvalue weighted by atomic mass is 9.97. The van der Waals surface area contributed by atoms with E-state index in [9.17, 15) is 9.90 Å². The topological polar surface area (TPSA) is 62.5 Å². The maximum atomic E-state index is 11.0. The molecule has 0 bridgehead atoms. The number of benzene rings is 1. The van der Waals surface area contributed by atoms with Crippen molar-refractivity contribution in [1.29, 1.82) is 0 Å². The molecule has 0 aliphatic carbocycles. The molecule has 0 fully saturated rings. The predicted octanol–water partition coefficient (Wildman–Crippen LogP) is 2.68. The fourth-order valence-electron chi connectivity index (χ4n) is 1.96. The Kier molecular flexibility index (Phi) is 3.10. The third-order valence-electron chi connectivity index (χ3n) is 3.06. The minimum Gasteiger partial charge on any atom is -0.508 e. The highest BCUT2D eigenvalue weighted by atomic mass is 16.4. The van der Waals surface area contributed by atoms with Crippen molar-refractivity contribution >= 4 is 5.97 Å². The maximum absolute atomic E-state index is 11.0. The van der Waals surface area contributed by atoms with E-state index in [0.717, 1.165) is 11.3 Å². The Labute approximate surface area is 105 Å².